The number of anilines is 1. The summed E-state index contributed by atoms with van der Waals surface area (Å²) in [4.78, 5) is 58.1. The molecule has 228 valence electrons. The first-order valence-corrected chi connectivity index (χ1v) is 15.6. The average molecular weight is 637 g/mol. The molecule has 0 aromatic heterocycles. The summed E-state index contributed by atoms with van der Waals surface area (Å²) in [6.07, 6.45) is 0. The molecule has 4 atom stereocenters. The second-order valence-corrected chi connectivity index (χ2v) is 12.4. The van der Waals surface area contributed by atoms with E-state index in [1.165, 1.54) is 12.1 Å². The number of nitrogens with zero attached hydrogens (tertiary/aromatic N) is 2. The maximum Gasteiger partial charge on any atom is 0.289 e. The molecule has 0 spiro atoms. The lowest BCUT2D eigenvalue weighted by Gasteiger charge is -2.39. The van der Waals surface area contributed by atoms with Gasteiger partial charge in [-0.2, -0.15) is 0 Å². The van der Waals surface area contributed by atoms with Gasteiger partial charge in [0.2, 0.25) is 11.8 Å². The molecule has 5 aromatic carbocycles. The molecule has 1 heterocycles. The molecule has 47 heavy (non-hydrogen) atoms. The Morgan fingerprint density at radius 1 is 0.596 bits per heavy atom. The van der Waals surface area contributed by atoms with Crippen LogP contribution in [0.3, 0.4) is 0 Å². The number of nitro groups is 1. The lowest BCUT2D eigenvalue weighted by molar-refractivity contribution is -0.384. The topological polar surface area (TPSA) is 97.6 Å². The number of benzene rings is 5. The van der Waals surface area contributed by atoms with Gasteiger partial charge in [0, 0.05) is 6.07 Å². The number of allylic oxidation sites excluding steroid dienone is 2. The zero-order valence-corrected chi connectivity index (χ0v) is 25.5. The van der Waals surface area contributed by atoms with E-state index in [0.717, 1.165) is 22.1 Å². The van der Waals surface area contributed by atoms with E-state index in [0.29, 0.717) is 22.3 Å². The van der Waals surface area contributed by atoms with Gasteiger partial charge in [-0.3, -0.25) is 24.5 Å². The Morgan fingerprint density at radius 3 is 1.40 bits per heavy atom. The van der Waals surface area contributed by atoms with Crippen molar-refractivity contribution in [3.63, 3.8) is 0 Å². The highest BCUT2D eigenvalue weighted by Gasteiger charge is 2.82. The monoisotopic (exact) mass is 636 g/mol. The second kappa shape index (κ2) is 10.4. The van der Waals surface area contributed by atoms with Gasteiger partial charge >= 0.3 is 0 Å². The second-order valence-electron chi connectivity index (χ2n) is 12.0. The number of nitro benzene ring substituents is 1. The Hall–Kier alpha value is -5.66. The largest absolute Gasteiger partial charge is 0.297 e. The number of fused-ring (bicyclic) bond motifs is 5. The van der Waals surface area contributed by atoms with Gasteiger partial charge in [0.15, 0.2) is 5.78 Å². The molecular formula is C39H25ClN2O5. The minimum absolute atomic E-state index is 0.0336. The van der Waals surface area contributed by atoms with E-state index in [-0.39, 0.29) is 16.5 Å². The van der Waals surface area contributed by atoms with Crippen LogP contribution in [0.15, 0.2) is 140 Å². The molecule has 1 saturated heterocycles. The Bertz CT molecular complexity index is 2030. The molecule has 1 aliphatic heterocycles. The number of hydrogen-bond acceptors (Lipinski definition) is 5. The molecule has 2 bridgehead atoms. The molecule has 0 radical (unpaired) electrons. The van der Waals surface area contributed by atoms with Crippen molar-refractivity contribution in [2.24, 2.45) is 11.8 Å². The van der Waals surface area contributed by atoms with Gasteiger partial charge in [0.25, 0.3) is 5.69 Å². The Balaban J connectivity index is 1.53. The lowest BCUT2D eigenvalue weighted by Crippen LogP contribution is -2.45. The number of halogens is 1. The minimum Gasteiger partial charge on any atom is -0.297 e. The SMILES string of the molecule is O=C1[C@@H]2[C@@H](C(=O)N1c1ccc(Cl)c([N+](=O)[O-])c1)[C@@]1(c3ccccc3)C(=O)[C@@]2(c2ccccc2)C(c2ccccc2)=C1c1ccccc1. The van der Waals surface area contributed by atoms with Crippen LogP contribution in [0.2, 0.25) is 5.02 Å². The fraction of sp³-hybridized carbons (Fsp3) is 0.103. The summed E-state index contributed by atoms with van der Waals surface area (Å²) < 4.78 is 0. The van der Waals surface area contributed by atoms with Crippen LogP contribution in [0.4, 0.5) is 11.4 Å². The zero-order chi connectivity index (χ0) is 32.5. The van der Waals surface area contributed by atoms with E-state index < -0.39 is 45.1 Å². The van der Waals surface area contributed by atoms with Crippen molar-refractivity contribution in [1.29, 1.82) is 0 Å². The Labute approximate surface area is 274 Å². The maximum atomic E-state index is 15.8. The van der Waals surface area contributed by atoms with E-state index in [2.05, 4.69) is 0 Å². The third-order valence-corrected chi connectivity index (χ3v) is 10.3. The fourth-order valence-corrected chi connectivity index (χ4v) is 8.56. The van der Waals surface area contributed by atoms with Crippen molar-refractivity contribution >= 4 is 51.7 Å². The van der Waals surface area contributed by atoms with Crippen LogP contribution in [0, 0.1) is 22.0 Å². The van der Waals surface area contributed by atoms with Crippen LogP contribution in [-0.4, -0.2) is 22.5 Å². The van der Waals surface area contributed by atoms with E-state index in [1.807, 2.05) is 121 Å². The summed E-state index contributed by atoms with van der Waals surface area (Å²) in [7, 11) is 0. The minimum atomic E-state index is -1.56. The Kier molecular flexibility index (Phi) is 6.39. The molecule has 5 aromatic rings. The first kappa shape index (κ1) is 28.8. The maximum absolute atomic E-state index is 15.8. The van der Waals surface area contributed by atoms with Crippen LogP contribution >= 0.6 is 11.6 Å². The lowest BCUT2D eigenvalue weighted by atomic mass is 9.59. The first-order valence-electron chi connectivity index (χ1n) is 15.2. The number of carbonyl (C=O) groups is 3. The van der Waals surface area contributed by atoms with Crippen LogP contribution in [0.25, 0.3) is 11.1 Å². The highest BCUT2D eigenvalue weighted by atomic mass is 35.5. The molecule has 1 saturated carbocycles. The normalized spacial score (nSPS) is 24.6. The van der Waals surface area contributed by atoms with E-state index >= 15 is 4.79 Å². The molecule has 8 heteroatoms. The van der Waals surface area contributed by atoms with E-state index in [1.54, 1.807) is 0 Å². The molecule has 7 nitrogen and oxygen atoms in total. The number of rotatable bonds is 6. The van der Waals surface area contributed by atoms with Crippen molar-refractivity contribution in [3.05, 3.63) is 177 Å². The summed E-state index contributed by atoms with van der Waals surface area (Å²) in [5, 5.41) is 11.7. The van der Waals surface area contributed by atoms with Gasteiger partial charge in [-0.25, -0.2) is 4.90 Å². The number of hydrogen-bond donors (Lipinski definition) is 0. The summed E-state index contributed by atoms with van der Waals surface area (Å²) >= 11 is 6.14. The predicted octanol–water partition coefficient (Wildman–Crippen LogP) is 7.44. The smallest absolute Gasteiger partial charge is 0.289 e. The number of imide groups is 1. The summed E-state index contributed by atoms with van der Waals surface area (Å²) in [6.45, 7) is 0. The van der Waals surface area contributed by atoms with Crippen LogP contribution in [0.1, 0.15) is 22.3 Å². The number of ketones is 1. The standard InChI is InChI=1S/C39H25ClN2O5/c40-29-22-21-28(23-30(29)42(46)47)41-35(43)33-34(36(41)44)39(27-19-11-4-12-20-27)32(25-15-7-2-8-16-25)31(24-13-5-1-6-14-24)38(33,37(39)45)26-17-9-3-10-18-26/h1-23,33-34H/t33-,34-,38-,39-/m0/s1. The predicted molar refractivity (Wildman–Crippen MR) is 179 cm³/mol. The Morgan fingerprint density at radius 2 is 1.00 bits per heavy atom. The van der Waals surface area contributed by atoms with Gasteiger partial charge < -0.3 is 0 Å². The fourth-order valence-electron chi connectivity index (χ4n) is 8.37. The van der Waals surface area contributed by atoms with Crippen molar-refractivity contribution in [1.82, 2.24) is 0 Å². The summed E-state index contributed by atoms with van der Waals surface area (Å²) in [6, 6.07) is 41.4. The van der Waals surface area contributed by atoms with Crippen LogP contribution in [-0.2, 0) is 25.2 Å². The van der Waals surface area contributed by atoms with E-state index in [9.17, 15) is 19.7 Å². The zero-order valence-electron chi connectivity index (χ0n) is 24.7. The molecule has 2 fully saturated rings. The number of Topliss-reactive ketones (excluding diaryl/α,β-unsaturated/α-hetero) is 1. The first-order chi connectivity index (χ1) is 22.8. The highest BCUT2D eigenvalue weighted by Crippen LogP contribution is 2.74. The average Bonchev–Trinajstić information content (AvgIpc) is 3.62. The third-order valence-electron chi connectivity index (χ3n) is 9.96. The third kappa shape index (κ3) is 3.66. The molecule has 2 amide bonds. The van der Waals surface area contributed by atoms with Gasteiger partial charge in [-0.1, -0.05) is 133 Å². The van der Waals surface area contributed by atoms with Gasteiger partial charge in [-0.15, -0.1) is 0 Å². The van der Waals surface area contributed by atoms with Gasteiger partial charge in [-0.05, 0) is 45.5 Å². The molecule has 2 aliphatic carbocycles. The quantitative estimate of drug-likeness (QED) is 0.110. The van der Waals surface area contributed by atoms with Crippen LogP contribution < -0.4 is 4.90 Å². The summed E-state index contributed by atoms with van der Waals surface area (Å²) in [5.41, 5.74) is 0.575. The van der Waals surface area contributed by atoms with Gasteiger partial charge in [0.1, 0.15) is 5.02 Å². The number of carbonyl (C=O) groups excluding carboxylic acids is 3. The molecule has 8 rings (SSSR count). The summed E-state index contributed by atoms with van der Waals surface area (Å²) in [5.74, 6) is -3.69. The van der Waals surface area contributed by atoms with Crippen LogP contribution in [0.5, 0.6) is 0 Å². The molecule has 3 aliphatic rings. The number of amides is 2. The van der Waals surface area contributed by atoms with E-state index in [4.69, 9.17) is 11.6 Å². The van der Waals surface area contributed by atoms with Crippen molar-refractivity contribution in [2.45, 2.75) is 10.8 Å². The van der Waals surface area contributed by atoms with Crippen molar-refractivity contribution < 1.29 is 19.3 Å². The molecule has 0 N–H and O–H groups in total. The molecule has 0 unspecified atom stereocenters. The van der Waals surface area contributed by atoms with Crippen molar-refractivity contribution in [2.75, 3.05) is 4.90 Å². The van der Waals surface area contributed by atoms with Crippen molar-refractivity contribution in [3.8, 4) is 0 Å². The van der Waals surface area contributed by atoms with Gasteiger partial charge in [0.05, 0.1) is 33.3 Å². The molecular weight excluding hydrogens is 612 g/mol. The highest BCUT2D eigenvalue weighted by molar-refractivity contribution is 6.39.